The normalized spacial score (nSPS) is 11.9. The van der Waals surface area contributed by atoms with Crippen LogP contribution in [0.4, 0.5) is 0 Å². The van der Waals surface area contributed by atoms with E-state index in [2.05, 4.69) is 0 Å². The second kappa shape index (κ2) is 18.3. The Morgan fingerprint density at radius 3 is 1.07 bits per heavy atom. The molecule has 0 aliphatic carbocycles. The van der Waals surface area contributed by atoms with Gasteiger partial charge in [0.05, 0.1) is 33.5 Å². The molecule has 0 bridgehead atoms. The van der Waals surface area contributed by atoms with Gasteiger partial charge in [-0.05, 0) is 70.5 Å². The van der Waals surface area contributed by atoms with E-state index in [0.29, 0.717) is 11.5 Å². The van der Waals surface area contributed by atoms with Gasteiger partial charge in [-0.25, -0.2) is 16.8 Å². The molecule has 0 aromatic heterocycles. The molecule has 4 aromatic rings. The molecule has 0 N–H and O–H groups in total. The maximum absolute atomic E-state index is 10.9. The summed E-state index contributed by atoms with van der Waals surface area (Å²) in [6, 6.07) is 34.9. The minimum absolute atomic E-state index is 0. The summed E-state index contributed by atoms with van der Waals surface area (Å²) in [5.74, 6) is 0.167. The van der Waals surface area contributed by atoms with Crippen LogP contribution in [0.15, 0.2) is 109 Å². The molecule has 0 heterocycles. The van der Waals surface area contributed by atoms with Crippen LogP contribution in [-0.2, 0) is 20.2 Å². The van der Waals surface area contributed by atoms with Gasteiger partial charge >= 0.3 is 59.1 Å². The molecule has 0 aliphatic heterocycles. The molecular weight excluding hydrogens is 622 g/mol. The van der Waals surface area contributed by atoms with E-state index < -0.39 is 31.7 Å². The fourth-order valence-electron chi connectivity index (χ4n) is 4.41. The Morgan fingerprint density at radius 1 is 0.477 bits per heavy atom. The van der Waals surface area contributed by atoms with Gasteiger partial charge in [-0.3, -0.25) is 0 Å². The summed E-state index contributed by atoms with van der Waals surface area (Å²) in [4.78, 5) is 0. The van der Waals surface area contributed by atoms with E-state index in [0.717, 1.165) is 33.4 Å². The summed E-state index contributed by atoms with van der Waals surface area (Å²) < 4.78 is 76.4. The average Bonchev–Trinajstić information content (AvgIpc) is 2.97. The predicted molar refractivity (Wildman–Crippen MR) is 160 cm³/mol. The Bertz CT molecular complexity index is 1570. The number of hydrogen-bond donors (Lipinski definition) is 0. The van der Waals surface area contributed by atoms with Crippen molar-refractivity contribution in [3.05, 3.63) is 131 Å². The third-order valence-electron chi connectivity index (χ3n) is 6.28. The van der Waals surface area contributed by atoms with E-state index in [1.165, 1.54) is 0 Å². The SMILES string of the molecule is O=S(=O)([O-])CCCOc1ccc(/C(=C(/c2ccccc2)c2ccc(OCCCS(=O)(=O)[O-])cc2)c2ccccc2)cc1.[Na+].[Na+]. The van der Waals surface area contributed by atoms with Crippen molar-refractivity contribution < 1.29 is 94.5 Å². The van der Waals surface area contributed by atoms with E-state index in [-0.39, 0.29) is 85.2 Å². The summed E-state index contributed by atoms with van der Waals surface area (Å²) in [5, 5.41) is 0. The Hall–Kier alpha value is -1.96. The van der Waals surface area contributed by atoms with E-state index in [9.17, 15) is 25.9 Å². The van der Waals surface area contributed by atoms with Gasteiger partial charge in [0, 0.05) is 11.5 Å². The van der Waals surface area contributed by atoms with Gasteiger partial charge < -0.3 is 18.6 Å². The Kier molecular flexibility index (Phi) is 15.9. The summed E-state index contributed by atoms with van der Waals surface area (Å²) in [5.41, 5.74) is 5.78. The summed E-state index contributed by atoms with van der Waals surface area (Å²) in [6.07, 6.45) is 0.219. The van der Waals surface area contributed by atoms with Crippen LogP contribution >= 0.6 is 0 Å². The first kappa shape index (κ1) is 38.2. The first-order valence-electron chi connectivity index (χ1n) is 13.3. The number of rotatable bonds is 14. The van der Waals surface area contributed by atoms with Crippen LogP contribution in [0.5, 0.6) is 11.5 Å². The molecule has 12 heteroatoms. The van der Waals surface area contributed by atoms with Crippen molar-refractivity contribution in [3.63, 3.8) is 0 Å². The van der Waals surface area contributed by atoms with Crippen LogP contribution in [0, 0.1) is 0 Å². The minimum Gasteiger partial charge on any atom is -0.748 e. The van der Waals surface area contributed by atoms with Crippen LogP contribution in [0.2, 0.25) is 0 Å². The molecule has 220 valence electrons. The van der Waals surface area contributed by atoms with Crippen molar-refractivity contribution in [1.82, 2.24) is 0 Å². The van der Waals surface area contributed by atoms with Gasteiger partial charge in [-0.1, -0.05) is 84.9 Å². The maximum Gasteiger partial charge on any atom is 1.00 e. The third-order valence-corrected chi connectivity index (χ3v) is 7.85. The molecular formula is C32H30Na2O8S2. The van der Waals surface area contributed by atoms with E-state index in [1.54, 1.807) is 0 Å². The zero-order chi connectivity index (χ0) is 30.0. The fraction of sp³-hybridized carbons (Fsp3) is 0.188. The van der Waals surface area contributed by atoms with E-state index in [4.69, 9.17) is 9.47 Å². The molecule has 0 saturated heterocycles. The summed E-state index contributed by atoms with van der Waals surface area (Å²) in [6.45, 7) is 0.219. The summed E-state index contributed by atoms with van der Waals surface area (Å²) in [7, 11) is -8.56. The minimum atomic E-state index is -4.28. The molecule has 0 unspecified atom stereocenters. The van der Waals surface area contributed by atoms with Gasteiger partial charge in [0.2, 0.25) is 0 Å². The first-order chi connectivity index (χ1) is 20.1. The number of ether oxygens (including phenoxy) is 2. The molecule has 0 amide bonds. The van der Waals surface area contributed by atoms with Crippen LogP contribution in [-0.4, -0.2) is 50.7 Å². The zero-order valence-electron chi connectivity index (χ0n) is 24.7. The molecule has 0 atom stereocenters. The standard InChI is InChI=1S/C32H32O8S2.2Na/c33-41(34,35)23-7-21-39-29-17-13-27(14-18-29)31(25-9-3-1-4-10-25)32(26-11-5-2-6-12-26)28-15-19-30(20-16-28)40-22-8-24-42(36,37)38;;/h1-6,9-20H,7-8,21-24H2,(H,33,34,35)(H,36,37,38);;/q;2*+1/p-2/b32-31-;;. The molecule has 0 aliphatic rings. The smallest absolute Gasteiger partial charge is 0.748 e. The second-order valence-electron chi connectivity index (χ2n) is 9.46. The molecule has 4 aromatic carbocycles. The first-order valence-corrected chi connectivity index (χ1v) is 16.4. The van der Waals surface area contributed by atoms with Crippen LogP contribution in [0.25, 0.3) is 11.1 Å². The topological polar surface area (TPSA) is 133 Å². The van der Waals surface area contributed by atoms with Crippen molar-refractivity contribution in [1.29, 1.82) is 0 Å². The molecule has 0 saturated carbocycles. The quantitative estimate of drug-likeness (QED) is 0.0759. The van der Waals surface area contributed by atoms with Crippen molar-refractivity contribution >= 4 is 31.4 Å². The monoisotopic (exact) mass is 652 g/mol. The van der Waals surface area contributed by atoms with Crippen LogP contribution in [0.1, 0.15) is 35.1 Å². The van der Waals surface area contributed by atoms with E-state index >= 15 is 0 Å². The van der Waals surface area contributed by atoms with Crippen LogP contribution < -0.4 is 68.6 Å². The van der Waals surface area contributed by atoms with Crippen molar-refractivity contribution in [2.75, 3.05) is 24.7 Å². The number of hydrogen-bond acceptors (Lipinski definition) is 8. The van der Waals surface area contributed by atoms with Gasteiger partial charge in [0.1, 0.15) is 11.5 Å². The third kappa shape index (κ3) is 12.4. The van der Waals surface area contributed by atoms with Gasteiger partial charge in [-0.15, -0.1) is 0 Å². The van der Waals surface area contributed by atoms with Crippen LogP contribution in [0.3, 0.4) is 0 Å². The largest absolute Gasteiger partial charge is 1.00 e. The summed E-state index contributed by atoms with van der Waals surface area (Å²) >= 11 is 0. The Balaban J connectivity index is 0.00000337. The van der Waals surface area contributed by atoms with E-state index in [1.807, 2.05) is 109 Å². The molecule has 0 radical (unpaired) electrons. The number of benzene rings is 4. The molecule has 44 heavy (non-hydrogen) atoms. The Labute approximate surface area is 303 Å². The van der Waals surface area contributed by atoms with Crippen molar-refractivity contribution in [3.8, 4) is 11.5 Å². The maximum atomic E-state index is 10.9. The fourth-order valence-corrected chi connectivity index (χ4v) is 5.35. The van der Waals surface area contributed by atoms with Gasteiger partial charge in [-0.2, -0.15) is 0 Å². The van der Waals surface area contributed by atoms with Gasteiger partial charge in [0.15, 0.2) is 0 Å². The molecule has 0 fully saturated rings. The zero-order valence-corrected chi connectivity index (χ0v) is 30.4. The van der Waals surface area contributed by atoms with Crippen molar-refractivity contribution in [2.45, 2.75) is 12.8 Å². The predicted octanol–water partition coefficient (Wildman–Crippen LogP) is -0.670. The van der Waals surface area contributed by atoms with Gasteiger partial charge in [0.25, 0.3) is 0 Å². The average molecular weight is 653 g/mol. The van der Waals surface area contributed by atoms with Crippen molar-refractivity contribution in [2.24, 2.45) is 0 Å². The molecule has 8 nitrogen and oxygen atoms in total. The molecule has 0 spiro atoms. The second-order valence-corrected chi connectivity index (χ2v) is 12.5. The molecule has 4 rings (SSSR count). The Morgan fingerprint density at radius 2 is 0.773 bits per heavy atom.